The van der Waals surface area contributed by atoms with Crippen molar-refractivity contribution in [2.45, 2.75) is 25.8 Å². The van der Waals surface area contributed by atoms with Gasteiger partial charge in [-0.3, -0.25) is 4.79 Å². The first-order valence-corrected chi connectivity index (χ1v) is 7.28. The van der Waals surface area contributed by atoms with Crippen LogP contribution in [0.1, 0.15) is 18.9 Å². The number of aliphatic carboxylic acids is 1. The molecule has 1 amide bonds. The molecule has 0 saturated carbocycles. The third-order valence-electron chi connectivity index (χ3n) is 3.42. The maximum atomic E-state index is 11.7. The molecule has 1 atom stereocenters. The lowest BCUT2D eigenvalue weighted by atomic mass is 9.99. The Bertz CT molecular complexity index is 701. The van der Waals surface area contributed by atoms with Crippen LogP contribution >= 0.6 is 0 Å². The minimum atomic E-state index is -1.04. The van der Waals surface area contributed by atoms with Gasteiger partial charge in [0, 0.05) is 6.42 Å². The van der Waals surface area contributed by atoms with Crippen molar-refractivity contribution in [1.29, 1.82) is 0 Å². The van der Waals surface area contributed by atoms with Crippen molar-refractivity contribution < 1.29 is 14.7 Å². The molecule has 2 aromatic rings. The number of rotatable bonds is 6. The van der Waals surface area contributed by atoms with Crippen LogP contribution < -0.4 is 5.32 Å². The van der Waals surface area contributed by atoms with Gasteiger partial charge in [0.05, 0.1) is 0 Å². The Hall–Kier alpha value is -2.62. The van der Waals surface area contributed by atoms with Crippen molar-refractivity contribution >= 4 is 22.6 Å². The molecule has 2 rings (SSSR count). The van der Waals surface area contributed by atoms with E-state index in [9.17, 15) is 14.7 Å². The number of nitrogens with one attached hydrogen (secondary N) is 1. The van der Waals surface area contributed by atoms with Crippen molar-refractivity contribution in [3.8, 4) is 0 Å². The molecule has 0 aliphatic heterocycles. The zero-order valence-corrected chi connectivity index (χ0v) is 12.5. The summed E-state index contributed by atoms with van der Waals surface area (Å²) in [7, 11) is 0. The van der Waals surface area contributed by atoms with Crippen molar-refractivity contribution in [2.24, 2.45) is 0 Å². The maximum absolute atomic E-state index is 11.7. The highest BCUT2D eigenvalue weighted by Crippen LogP contribution is 2.19. The van der Waals surface area contributed by atoms with Crippen molar-refractivity contribution in [2.75, 3.05) is 0 Å². The van der Waals surface area contributed by atoms with Crippen LogP contribution in [-0.2, 0) is 16.0 Å². The monoisotopic (exact) mass is 297 g/mol. The number of allylic oxidation sites excluding steroid dienone is 1. The molecule has 2 aromatic carbocycles. The zero-order valence-electron chi connectivity index (χ0n) is 12.5. The Kier molecular flexibility index (Phi) is 5.31. The molecule has 0 aliphatic carbocycles. The summed E-state index contributed by atoms with van der Waals surface area (Å²) >= 11 is 0. The van der Waals surface area contributed by atoms with Crippen LogP contribution in [0.5, 0.6) is 0 Å². The topological polar surface area (TPSA) is 66.4 Å². The SMILES string of the molecule is CC/C=C/C(=O)N[C@@H](Cc1cccc2ccccc12)C(=O)O. The fourth-order valence-corrected chi connectivity index (χ4v) is 2.34. The number of hydrogen-bond acceptors (Lipinski definition) is 2. The fraction of sp³-hybridized carbons (Fsp3) is 0.222. The molecule has 0 aliphatic rings. The molecule has 22 heavy (non-hydrogen) atoms. The zero-order chi connectivity index (χ0) is 15.9. The van der Waals surface area contributed by atoms with E-state index in [0.29, 0.717) is 0 Å². The molecular weight excluding hydrogens is 278 g/mol. The Morgan fingerprint density at radius 3 is 2.64 bits per heavy atom. The number of carbonyl (C=O) groups is 2. The summed E-state index contributed by atoms with van der Waals surface area (Å²) in [5, 5.41) is 13.9. The van der Waals surface area contributed by atoms with E-state index in [1.165, 1.54) is 6.08 Å². The smallest absolute Gasteiger partial charge is 0.326 e. The van der Waals surface area contributed by atoms with Crippen molar-refractivity contribution in [3.63, 3.8) is 0 Å². The molecule has 0 bridgehead atoms. The number of carboxylic acids is 1. The number of fused-ring (bicyclic) bond motifs is 1. The second-order valence-corrected chi connectivity index (χ2v) is 5.05. The molecule has 0 unspecified atom stereocenters. The van der Waals surface area contributed by atoms with E-state index in [1.807, 2.05) is 49.4 Å². The minimum absolute atomic E-state index is 0.252. The van der Waals surface area contributed by atoms with Gasteiger partial charge in [-0.15, -0.1) is 0 Å². The summed E-state index contributed by atoms with van der Waals surface area (Å²) in [6.07, 6.45) is 4.06. The number of carbonyl (C=O) groups excluding carboxylic acids is 1. The van der Waals surface area contributed by atoms with Gasteiger partial charge in [-0.1, -0.05) is 55.5 Å². The van der Waals surface area contributed by atoms with Gasteiger partial charge >= 0.3 is 5.97 Å². The third kappa shape index (κ3) is 3.95. The van der Waals surface area contributed by atoms with Gasteiger partial charge in [0.25, 0.3) is 0 Å². The average Bonchev–Trinajstić information content (AvgIpc) is 2.52. The first-order valence-electron chi connectivity index (χ1n) is 7.28. The molecule has 4 heteroatoms. The second-order valence-electron chi connectivity index (χ2n) is 5.05. The molecule has 0 aromatic heterocycles. The Labute approximate surface area is 129 Å². The Balaban J connectivity index is 2.21. The number of benzene rings is 2. The molecular formula is C18H19NO3. The summed E-state index contributed by atoms with van der Waals surface area (Å²) in [5.74, 6) is -1.42. The normalized spacial score (nSPS) is 12.4. The lowest BCUT2D eigenvalue weighted by Crippen LogP contribution is -2.41. The summed E-state index contributed by atoms with van der Waals surface area (Å²) in [5.41, 5.74) is 0.908. The molecule has 0 heterocycles. The van der Waals surface area contributed by atoms with Gasteiger partial charge in [0.15, 0.2) is 0 Å². The van der Waals surface area contributed by atoms with E-state index in [-0.39, 0.29) is 12.3 Å². The predicted molar refractivity (Wildman–Crippen MR) is 86.6 cm³/mol. The third-order valence-corrected chi connectivity index (χ3v) is 3.42. The largest absolute Gasteiger partial charge is 0.480 e. The molecule has 0 radical (unpaired) electrons. The highest BCUT2D eigenvalue weighted by molar-refractivity contribution is 5.92. The highest BCUT2D eigenvalue weighted by Gasteiger charge is 2.20. The summed E-state index contributed by atoms with van der Waals surface area (Å²) in [6, 6.07) is 12.6. The van der Waals surface area contributed by atoms with Crippen LogP contribution in [0.4, 0.5) is 0 Å². The van der Waals surface area contributed by atoms with Crippen LogP contribution in [-0.4, -0.2) is 23.0 Å². The van der Waals surface area contributed by atoms with E-state index in [2.05, 4.69) is 5.32 Å². The maximum Gasteiger partial charge on any atom is 0.326 e. The Morgan fingerprint density at radius 1 is 1.18 bits per heavy atom. The molecule has 0 saturated heterocycles. The highest BCUT2D eigenvalue weighted by atomic mass is 16.4. The van der Waals surface area contributed by atoms with Crippen molar-refractivity contribution in [1.82, 2.24) is 5.32 Å². The number of carboxylic acid groups (broad SMARTS) is 1. The summed E-state index contributed by atoms with van der Waals surface area (Å²) < 4.78 is 0. The van der Waals surface area contributed by atoms with E-state index in [4.69, 9.17) is 0 Å². The standard InChI is InChI=1S/C18H19NO3/c1-2-3-11-17(20)19-16(18(21)22)12-14-9-6-8-13-7-4-5-10-15(13)14/h3-11,16H,2,12H2,1H3,(H,19,20)(H,21,22)/b11-3+/t16-/m0/s1. The van der Waals surface area contributed by atoms with E-state index in [1.54, 1.807) is 6.08 Å². The van der Waals surface area contributed by atoms with Gasteiger partial charge in [-0.25, -0.2) is 4.79 Å². The molecule has 2 N–H and O–H groups in total. The molecule has 0 fully saturated rings. The first-order chi connectivity index (χ1) is 10.6. The quantitative estimate of drug-likeness (QED) is 0.806. The molecule has 4 nitrogen and oxygen atoms in total. The van der Waals surface area contributed by atoms with Crippen LogP contribution in [0.15, 0.2) is 54.6 Å². The van der Waals surface area contributed by atoms with E-state index < -0.39 is 12.0 Å². The average molecular weight is 297 g/mol. The predicted octanol–water partition coefficient (Wildman–Crippen LogP) is 2.92. The molecule has 0 spiro atoms. The Morgan fingerprint density at radius 2 is 1.91 bits per heavy atom. The van der Waals surface area contributed by atoms with Gasteiger partial charge in [0.1, 0.15) is 6.04 Å². The van der Waals surface area contributed by atoms with Crippen LogP contribution in [0.3, 0.4) is 0 Å². The van der Waals surface area contributed by atoms with Crippen LogP contribution in [0, 0.1) is 0 Å². The van der Waals surface area contributed by atoms with Gasteiger partial charge in [0.2, 0.25) is 5.91 Å². The van der Waals surface area contributed by atoms with Crippen LogP contribution in [0.2, 0.25) is 0 Å². The summed E-state index contributed by atoms with van der Waals surface area (Å²) in [4.78, 5) is 23.1. The second kappa shape index (κ2) is 7.41. The van der Waals surface area contributed by atoms with Gasteiger partial charge < -0.3 is 10.4 Å². The summed E-state index contributed by atoms with van der Waals surface area (Å²) in [6.45, 7) is 1.91. The fourth-order valence-electron chi connectivity index (χ4n) is 2.34. The van der Waals surface area contributed by atoms with Gasteiger partial charge in [-0.05, 0) is 28.8 Å². The van der Waals surface area contributed by atoms with Crippen LogP contribution in [0.25, 0.3) is 10.8 Å². The van der Waals surface area contributed by atoms with E-state index in [0.717, 1.165) is 22.8 Å². The van der Waals surface area contributed by atoms with Crippen molar-refractivity contribution in [3.05, 3.63) is 60.2 Å². The minimum Gasteiger partial charge on any atom is -0.480 e. The number of hydrogen-bond donors (Lipinski definition) is 2. The lowest BCUT2D eigenvalue weighted by molar-refractivity contribution is -0.141. The van der Waals surface area contributed by atoms with E-state index >= 15 is 0 Å². The first kappa shape index (κ1) is 15.8. The molecule has 114 valence electrons. The van der Waals surface area contributed by atoms with Gasteiger partial charge in [-0.2, -0.15) is 0 Å². The number of amides is 1. The lowest BCUT2D eigenvalue weighted by Gasteiger charge is -2.15.